The van der Waals surface area contributed by atoms with Crippen molar-refractivity contribution in [3.8, 4) is 0 Å². The highest BCUT2D eigenvalue weighted by molar-refractivity contribution is 7.98. The maximum atomic E-state index is 2.50. The molecule has 0 heterocycles. The van der Waals surface area contributed by atoms with E-state index >= 15 is 0 Å². The second kappa shape index (κ2) is 10.4. The van der Waals surface area contributed by atoms with E-state index in [1.165, 1.54) is 32.3 Å². The molecule has 5 aromatic rings. The van der Waals surface area contributed by atoms with E-state index in [2.05, 4.69) is 158 Å². The normalized spacial score (nSPS) is 14.6. The largest absolute Gasteiger partial charge is 0.123 e. The van der Waals surface area contributed by atoms with Crippen LogP contribution in [0.3, 0.4) is 0 Å². The summed E-state index contributed by atoms with van der Waals surface area (Å²) < 4.78 is 0. The van der Waals surface area contributed by atoms with Gasteiger partial charge in [-0.15, -0.1) is 0 Å². The molecule has 6 rings (SSSR count). The molecule has 0 aromatic heterocycles. The average molecular weight is 500 g/mol. The summed E-state index contributed by atoms with van der Waals surface area (Å²) in [6, 6.07) is 54.2. The Hall–Kier alpha value is -3.30. The first kappa shape index (κ1) is 23.1. The Kier molecular flexibility index (Phi) is 6.65. The lowest BCUT2D eigenvalue weighted by atomic mass is 10.1. The van der Waals surface area contributed by atoms with Crippen LogP contribution in [0, 0.1) is 0 Å². The van der Waals surface area contributed by atoms with Crippen molar-refractivity contribution in [1.82, 2.24) is 0 Å². The van der Waals surface area contributed by atoms with Crippen molar-refractivity contribution >= 4 is 42.5 Å². The van der Waals surface area contributed by atoms with Gasteiger partial charge < -0.3 is 0 Å². The molecule has 0 N–H and O–H groups in total. The van der Waals surface area contributed by atoms with Crippen molar-refractivity contribution in [3.05, 3.63) is 163 Å². The van der Waals surface area contributed by atoms with Gasteiger partial charge >= 0.3 is 0 Å². The standard InChI is InChI=1S/C34H29P2/c1-5-16-29(17-6-1)35(30-18-7-2-8-19-30)27-36(31-20-9-3-10-21-31,32-22-11-4-12-23-32)34-26-25-28-15-13-14-24-33(28)34/h1-26,34H,27H2/q+1/t34-/m0/s1. The molecule has 0 nitrogen and oxygen atoms in total. The summed E-state index contributed by atoms with van der Waals surface area (Å²) in [4.78, 5) is 0. The highest BCUT2D eigenvalue weighted by atomic mass is 31.2. The maximum absolute atomic E-state index is 2.50. The predicted molar refractivity (Wildman–Crippen MR) is 161 cm³/mol. The summed E-state index contributed by atoms with van der Waals surface area (Å²) in [5.74, 6) is 1.13. The Morgan fingerprint density at radius 2 is 0.944 bits per heavy atom. The summed E-state index contributed by atoms with van der Waals surface area (Å²) in [6.45, 7) is 0. The van der Waals surface area contributed by atoms with Crippen molar-refractivity contribution in [2.45, 2.75) is 5.66 Å². The van der Waals surface area contributed by atoms with E-state index in [4.69, 9.17) is 0 Å². The zero-order chi connectivity index (χ0) is 24.2. The molecule has 0 bridgehead atoms. The van der Waals surface area contributed by atoms with E-state index in [-0.39, 0.29) is 0 Å². The fraction of sp³-hybridized carbons (Fsp3) is 0.0588. The van der Waals surface area contributed by atoms with Gasteiger partial charge in [-0.05, 0) is 54.4 Å². The van der Waals surface area contributed by atoms with Gasteiger partial charge in [0.05, 0.1) is 13.2 Å². The lowest BCUT2D eigenvalue weighted by Gasteiger charge is -2.36. The van der Waals surface area contributed by atoms with Crippen LogP contribution in [0.1, 0.15) is 16.8 Å². The number of benzene rings is 5. The Morgan fingerprint density at radius 1 is 0.500 bits per heavy atom. The van der Waals surface area contributed by atoms with E-state index in [1.54, 1.807) is 0 Å². The first-order valence-electron chi connectivity index (χ1n) is 12.5. The smallest absolute Gasteiger partial charge is 0.0622 e. The molecule has 0 amide bonds. The molecule has 2 heteroatoms. The van der Waals surface area contributed by atoms with Gasteiger partial charge in [0.2, 0.25) is 0 Å². The van der Waals surface area contributed by atoms with E-state index < -0.39 is 15.2 Å². The Bertz CT molecular complexity index is 1370. The summed E-state index contributed by atoms with van der Waals surface area (Å²) in [6.07, 6.45) is 4.86. The van der Waals surface area contributed by atoms with Crippen molar-refractivity contribution in [1.29, 1.82) is 0 Å². The van der Waals surface area contributed by atoms with Gasteiger partial charge in [-0.3, -0.25) is 0 Å². The molecular weight excluding hydrogens is 470 g/mol. The van der Waals surface area contributed by atoms with Gasteiger partial charge in [-0.25, -0.2) is 0 Å². The van der Waals surface area contributed by atoms with Crippen molar-refractivity contribution in [2.75, 3.05) is 5.90 Å². The lowest BCUT2D eigenvalue weighted by molar-refractivity contribution is 1.23. The summed E-state index contributed by atoms with van der Waals surface area (Å²) in [7, 11) is -2.50. The number of rotatable bonds is 7. The zero-order valence-corrected chi connectivity index (χ0v) is 22.0. The van der Waals surface area contributed by atoms with E-state index in [0.29, 0.717) is 5.66 Å². The third-order valence-electron chi connectivity index (χ3n) is 7.18. The molecule has 0 unspecified atom stereocenters. The molecule has 1 atom stereocenters. The Balaban J connectivity index is 1.62. The summed E-state index contributed by atoms with van der Waals surface area (Å²) in [5.41, 5.74) is 3.19. The number of fused-ring (bicyclic) bond motifs is 1. The van der Waals surface area contributed by atoms with E-state index in [9.17, 15) is 0 Å². The molecule has 0 saturated heterocycles. The number of hydrogen-bond donors (Lipinski definition) is 0. The molecule has 0 aliphatic heterocycles. The van der Waals surface area contributed by atoms with Crippen LogP contribution in [-0.2, 0) is 0 Å². The minimum absolute atomic E-state index is 0.357. The first-order chi connectivity index (χ1) is 17.9. The Morgan fingerprint density at radius 3 is 1.47 bits per heavy atom. The predicted octanol–water partition coefficient (Wildman–Crippen LogP) is 7.51. The van der Waals surface area contributed by atoms with Crippen LogP contribution in [0.4, 0.5) is 0 Å². The first-order valence-corrected chi connectivity index (χ1v) is 16.1. The van der Waals surface area contributed by atoms with Gasteiger partial charge in [0, 0.05) is 5.56 Å². The molecule has 174 valence electrons. The second-order valence-corrected chi connectivity index (χ2v) is 15.6. The fourth-order valence-electron chi connectivity index (χ4n) is 5.48. The zero-order valence-electron chi connectivity index (χ0n) is 20.2. The highest BCUT2D eigenvalue weighted by Crippen LogP contribution is 2.74. The minimum atomic E-state index is -1.93. The molecule has 0 radical (unpaired) electrons. The van der Waals surface area contributed by atoms with Crippen LogP contribution >= 0.6 is 15.2 Å². The van der Waals surface area contributed by atoms with E-state index in [1.807, 2.05) is 0 Å². The Labute approximate surface area is 216 Å². The third kappa shape index (κ3) is 4.26. The molecular formula is C34H29P2+. The maximum Gasteiger partial charge on any atom is 0.123 e. The monoisotopic (exact) mass is 499 g/mol. The summed E-state index contributed by atoms with van der Waals surface area (Å²) >= 11 is 0. The van der Waals surface area contributed by atoms with Gasteiger partial charge in [-0.2, -0.15) is 0 Å². The SMILES string of the molecule is C1=C[C@H]([P+](CP(c2ccccc2)c2ccccc2)(c2ccccc2)c2ccccc2)c2ccccc21. The van der Waals surface area contributed by atoms with Crippen LogP contribution in [0.2, 0.25) is 0 Å². The quantitative estimate of drug-likeness (QED) is 0.203. The van der Waals surface area contributed by atoms with Gasteiger partial charge in [0.1, 0.15) is 16.3 Å². The third-order valence-corrected chi connectivity index (χ3v) is 15.8. The van der Waals surface area contributed by atoms with Crippen LogP contribution < -0.4 is 21.2 Å². The fourth-order valence-corrected chi connectivity index (χ4v) is 15.4. The number of allylic oxidation sites excluding steroid dienone is 1. The molecule has 0 fully saturated rings. The topological polar surface area (TPSA) is 0 Å². The number of hydrogen-bond acceptors (Lipinski definition) is 0. The molecule has 36 heavy (non-hydrogen) atoms. The minimum Gasteiger partial charge on any atom is -0.0622 e. The van der Waals surface area contributed by atoms with Crippen molar-refractivity contribution in [2.24, 2.45) is 0 Å². The van der Waals surface area contributed by atoms with Crippen LogP contribution in [0.15, 0.2) is 152 Å². The molecule has 0 spiro atoms. The van der Waals surface area contributed by atoms with E-state index in [0.717, 1.165) is 5.90 Å². The highest BCUT2D eigenvalue weighted by Gasteiger charge is 2.53. The molecule has 5 aromatic carbocycles. The van der Waals surface area contributed by atoms with Crippen LogP contribution in [0.5, 0.6) is 0 Å². The molecule has 0 saturated carbocycles. The molecule has 1 aliphatic carbocycles. The average Bonchev–Trinajstić information content (AvgIpc) is 3.40. The van der Waals surface area contributed by atoms with Crippen molar-refractivity contribution in [3.63, 3.8) is 0 Å². The van der Waals surface area contributed by atoms with Gasteiger partial charge in [0.15, 0.2) is 0 Å². The van der Waals surface area contributed by atoms with Crippen LogP contribution in [0.25, 0.3) is 6.08 Å². The van der Waals surface area contributed by atoms with Gasteiger partial charge in [0.25, 0.3) is 0 Å². The van der Waals surface area contributed by atoms with Crippen molar-refractivity contribution < 1.29 is 0 Å². The van der Waals surface area contributed by atoms with Crippen LogP contribution in [-0.4, -0.2) is 5.90 Å². The summed E-state index contributed by atoms with van der Waals surface area (Å²) in [5, 5.41) is 5.87. The molecule has 1 aliphatic rings. The second-order valence-electron chi connectivity index (χ2n) is 9.21. The van der Waals surface area contributed by atoms with Gasteiger partial charge in [-0.1, -0.05) is 127 Å². The lowest BCUT2D eigenvalue weighted by Crippen LogP contribution is -2.31.